The molecule has 1 saturated heterocycles. The van der Waals surface area contributed by atoms with E-state index < -0.39 is 0 Å². The van der Waals surface area contributed by atoms with Gasteiger partial charge >= 0.3 is 0 Å². The summed E-state index contributed by atoms with van der Waals surface area (Å²) in [5.41, 5.74) is 3.71. The Kier molecular flexibility index (Phi) is 5.96. The second-order valence-corrected chi connectivity index (χ2v) is 8.15. The minimum Gasteiger partial charge on any atom is -0.338 e. The van der Waals surface area contributed by atoms with E-state index in [1.54, 1.807) is 4.90 Å². The molecule has 136 valence electrons. The van der Waals surface area contributed by atoms with E-state index in [2.05, 4.69) is 27.9 Å². The van der Waals surface area contributed by atoms with Gasteiger partial charge in [0.2, 0.25) is 5.91 Å². The third-order valence-electron chi connectivity index (χ3n) is 4.82. The van der Waals surface area contributed by atoms with Gasteiger partial charge in [-0.2, -0.15) is 0 Å². The molecule has 1 atom stereocenters. The molecular weight excluding hydrogens is 439 g/mol. The zero-order chi connectivity index (χ0) is 18.7. The SMILES string of the molecule is Cc1ccc(C(=O)N2CCCC(C(=O)Nc3ccc(I)cc3C)C2)cc1. The van der Waals surface area contributed by atoms with Crippen molar-refractivity contribution in [3.8, 4) is 0 Å². The summed E-state index contributed by atoms with van der Waals surface area (Å²) in [4.78, 5) is 27.2. The highest BCUT2D eigenvalue weighted by atomic mass is 127. The van der Waals surface area contributed by atoms with Crippen molar-refractivity contribution in [1.29, 1.82) is 0 Å². The van der Waals surface area contributed by atoms with Crippen molar-refractivity contribution in [2.45, 2.75) is 26.7 Å². The van der Waals surface area contributed by atoms with Gasteiger partial charge < -0.3 is 10.2 Å². The van der Waals surface area contributed by atoms with Gasteiger partial charge in [-0.25, -0.2) is 0 Å². The second kappa shape index (κ2) is 8.20. The molecule has 3 rings (SSSR count). The van der Waals surface area contributed by atoms with Crippen molar-refractivity contribution < 1.29 is 9.59 Å². The van der Waals surface area contributed by atoms with Crippen molar-refractivity contribution in [2.75, 3.05) is 18.4 Å². The third-order valence-corrected chi connectivity index (χ3v) is 5.50. The van der Waals surface area contributed by atoms with Crippen LogP contribution in [-0.2, 0) is 4.79 Å². The van der Waals surface area contributed by atoms with Crippen LogP contribution in [0.15, 0.2) is 42.5 Å². The van der Waals surface area contributed by atoms with Gasteiger partial charge in [-0.3, -0.25) is 9.59 Å². The van der Waals surface area contributed by atoms with Crippen LogP contribution in [-0.4, -0.2) is 29.8 Å². The fourth-order valence-electron chi connectivity index (χ4n) is 3.26. The first kappa shape index (κ1) is 18.9. The van der Waals surface area contributed by atoms with Crippen LogP contribution >= 0.6 is 22.6 Å². The third kappa shape index (κ3) is 4.44. The van der Waals surface area contributed by atoms with Crippen LogP contribution in [0.4, 0.5) is 5.69 Å². The Bertz CT molecular complexity index is 817. The van der Waals surface area contributed by atoms with Crippen LogP contribution in [0.5, 0.6) is 0 Å². The number of likely N-dealkylation sites (tertiary alicyclic amines) is 1. The molecule has 5 heteroatoms. The number of piperidine rings is 1. The topological polar surface area (TPSA) is 49.4 Å². The maximum atomic E-state index is 12.7. The van der Waals surface area contributed by atoms with Crippen LogP contribution in [0.1, 0.15) is 34.3 Å². The highest BCUT2D eigenvalue weighted by Gasteiger charge is 2.29. The molecule has 0 aliphatic carbocycles. The van der Waals surface area contributed by atoms with Gasteiger partial charge in [0.25, 0.3) is 5.91 Å². The lowest BCUT2D eigenvalue weighted by Crippen LogP contribution is -2.43. The molecule has 1 fully saturated rings. The minimum atomic E-state index is -0.170. The summed E-state index contributed by atoms with van der Waals surface area (Å²) in [5.74, 6) is -0.166. The monoisotopic (exact) mass is 462 g/mol. The average Bonchev–Trinajstić information content (AvgIpc) is 2.64. The first-order valence-electron chi connectivity index (χ1n) is 8.87. The lowest BCUT2D eigenvalue weighted by molar-refractivity contribution is -0.121. The van der Waals surface area contributed by atoms with E-state index in [-0.39, 0.29) is 17.7 Å². The molecule has 26 heavy (non-hydrogen) atoms. The quantitative estimate of drug-likeness (QED) is 0.688. The molecule has 2 amide bonds. The van der Waals surface area contributed by atoms with Crippen LogP contribution < -0.4 is 5.32 Å². The van der Waals surface area contributed by atoms with Crippen molar-refractivity contribution in [3.05, 3.63) is 62.7 Å². The number of carbonyl (C=O) groups excluding carboxylic acids is 2. The molecule has 0 bridgehead atoms. The second-order valence-electron chi connectivity index (χ2n) is 6.90. The Hall–Kier alpha value is -1.89. The molecule has 1 aliphatic heterocycles. The Labute approximate surface area is 168 Å². The Balaban J connectivity index is 1.66. The fraction of sp³-hybridized carbons (Fsp3) is 0.333. The van der Waals surface area contributed by atoms with Crippen molar-refractivity contribution in [2.24, 2.45) is 5.92 Å². The summed E-state index contributed by atoms with van der Waals surface area (Å²) in [5, 5.41) is 3.03. The maximum absolute atomic E-state index is 12.7. The van der Waals surface area contributed by atoms with Gasteiger partial charge in [0.1, 0.15) is 0 Å². The number of aryl methyl sites for hydroxylation is 2. The first-order valence-corrected chi connectivity index (χ1v) is 9.95. The number of amides is 2. The van der Waals surface area contributed by atoms with Crippen molar-refractivity contribution in [1.82, 2.24) is 4.90 Å². The molecule has 1 aliphatic rings. The van der Waals surface area contributed by atoms with E-state index >= 15 is 0 Å². The van der Waals surface area contributed by atoms with Gasteiger partial charge in [0, 0.05) is 27.9 Å². The molecule has 2 aromatic rings. The van der Waals surface area contributed by atoms with Gasteiger partial charge in [-0.15, -0.1) is 0 Å². The maximum Gasteiger partial charge on any atom is 0.253 e. The normalized spacial score (nSPS) is 17.0. The number of benzene rings is 2. The van der Waals surface area contributed by atoms with E-state index in [1.807, 2.05) is 56.3 Å². The number of hydrogen-bond acceptors (Lipinski definition) is 2. The van der Waals surface area contributed by atoms with E-state index in [4.69, 9.17) is 0 Å². The highest BCUT2D eigenvalue weighted by Crippen LogP contribution is 2.23. The predicted molar refractivity (Wildman–Crippen MR) is 112 cm³/mol. The lowest BCUT2D eigenvalue weighted by atomic mass is 9.96. The summed E-state index contributed by atoms with van der Waals surface area (Å²) < 4.78 is 1.14. The number of anilines is 1. The van der Waals surface area contributed by atoms with E-state index in [0.29, 0.717) is 18.7 Å². The van der Waals surface area contributed by atoms with Gasteiger partial charge in [-0.05, 0) is 85.2 Å². The average molecular weight is 462 g/mol. The summed E-state index contributed by atoms with van der Waals surface area (Å²) in [6.45, 7) is 5.18. The zero-order valence-electron chi connectivity index (χ0n) is 15.1. The Morgan fingerprint density at radius 1 is 1.12 bits per heavy atom. The minimum absolute atomic E-state index is 0.00397. The number of hydrogen-bond donors (Lipinski definition) is 1. The Morgan fingerprint density at radius 2 is 1.85 bits per heavy atom. The molecule has 1 heterocycles. The molecule has 0 saturated carbocycles. The fourth-order valence-corrected chi connectivity index (χ4v) is 3.90. The zero-order valence-corrected chi connectivity index (χ0v) is 17.2. The van der Waals surface area contributed by atoms with E-state index in [0.717, 1.165) is 33.2 Å². The van der Waals surface area contributed by atoms with Crippen LogP contribution in [0, 0.1) is 23.3 Å². The predicted octanol–water partition coefficient (Wildman–Crippen LogP) is 4.40. The van der Waals surface area contributed by atoms with E-state index in [1.165, 1.54) is 0 Å². The molecule has 4 nitrogen and oxygen atoms in total. The largest absolute Gasteiger partial charge is 0.338 e. The van der Waals surface area contributed by atoms with E-state index in [9.17, 15) is 9.59 Å². The first-order chi connectivity index (χ1) is 12.4. The number of halogens is 1. The molecule has 0 radical (unpaired) electrons. The number of carbonyl (C=O) groups is 2. The van der Waals surface area contributed by atoms with Gasteiger partial charge in [0.05, 0.1) is 5.92 Å². The number of rotatable bonds is 3. The smallest absolute Gasteiger partial charge is 0.253 e. The summed E-state index contributed by atoms with van der Waals surface area (Å²) in [6.07, 6.45) is 1.66. The summed E-state index contributed by atoms with van der Waals surface area (Å²) in [7, 11) is 0. The Morgan fingerprint density at radius 3 is 2.54 bits per heavy atom. The number of nitrogens with one attached hydrogen (secondary N) is 1. The van der Waals surface area contributed by atoms with Crippen molar-refractivity contribution >= 4 is 40.1 Å². The van der Waals surface area contributed by atoms with Gasteiger partial charge in [-0.1, -0.05) is 17.7 Å². The molecule has 0 spiro atoms. The van der Waals surface area contributed by atoms with Gasteiger partial charge in [0.15, 0.2) is 0 Å². The standard InChI is InChI=1S/C21H23IN2O2/c1-14-5-7-16(8-6-14)21(26)24-11-3-4-17(13-24)20(25)23-19-10-9-18(22)12-15(19)2/h5-10,12,17H,3-4,11,13H2,1-2H3,(H,23,25). The highest BCUT2D eigenvalue weighted by molar-refractivity contribution is 14.1. The molecule has 1 unspecified atom stereocenters. The van der Waals surface area contributed by atoms with Crippen molar-refractivity contribution in [3.63, 3.8) is 0 Å². The summed E-state index contributed by atoms with van der Waals surface area (Å²) in [6, 6.07) is 13.6. The molecule has 0 aromatic heterocycles. The molecule has 1 N–H and O–H groups in total. The van der Waals surface area contributed by atoms with Crippen LogP contribution in [0.25, 0.3) is 0 Å². The number of nitrogens with zero attached hydrogens (tertiary/aromatic N) is 1. The lowest BCUT2D eigenvalue weighted by Gasteiger charge is -2.32. The van der Waals surface area contributed by atoms with Crippen LogP contribution in [0.3, 0.4) is 0 Å². The van der Waals surface area contributed by atoms with Crippen LogP contribution in [0.2, 0.25) is 0 Å². The molecule has 2 aromatic carbocycles. The summed E-state index contributed by atoms with van der Waals surface area (Å²) >= 11 is 2.26. The molecular formula is C21H23IN2O2.